The predicted molar refractivity (Wildman–Crippen MR) is 66.9 cm³/mol. The highest BCUT2D eigenvalue weighted by Crippen LogP contribution is 2.19. The second-order valence-electron chi connectivity index (χ2n) is 4.15. The Bertz CT molecular complexity index is 278. The van der Waals surface area contributed by atoms with E-state index in [-0.39, 0.29) is 5.54 Å². The monoisotopic (exact) mass is 276 g/mol. The zero-order valence-electron chi connectivity index (χ0n) is 8.64. The van der Waals surface area contributed by atoms with Crippen LogP contribution in [0.3, 0.4) is 0 Å². The minimum Gasteiger partial charge on any atom is -0.324 e. The Morgan fingerprint density at radius 1 is 1.57 bits per heavy atom. The molecule has 0 saturated heterocycles. The first-order valence-corrected chi connectivity index (χ1v) is 6.37. The van der Waals surface area contributed by atoms with Gasteiger partial charge in [0.1, 0.15) is 0 Å². The highest BCUT2D eigenvalue weighted by atomic mass is 79.9. The fourth-order valence-electron chi connectivity index (χ4n) is 1.11. The lowest BCUT2D eigenvalue weighted by molar-refractivity contribution is 0.469. The molecule has 0 fully saturated rings. The molecule has 0 aliphatic carbocycles. The molecule has 2 nitrogen and oxygen atoms in total. The minimum atomic E-state index is -0.115. The van der Waals surface area contributed by atoms with Crippen molar-refractivity contribution >= 4 is 27.3 Å². The van der Waals surface area contributed by atoms with Crippen LogP contribution in [0.25, 0.3) is 0 Å². The number of hydrogen-bond acceptors (Lipinski definition) is 3. The summed E-state index contributed by atoms with van der Waals surface area (Å²) in [7, 11) is 0. The maximum Gasteiger partial charge on any atom is 0.0285 e. The van der Waals surface area contributed by atoms with E-state index in [4.69, 9.17) is 5.73 Å². The average Bonchev–Trinajstić information content (AvgIpc) is 2.44. The van der Waals surface area contributed by atoms with Crippen LogP contribution in [0.2, 0.25) is 0 Å². The molecule has 0 amide bonds. The summed E-state index contributed by atoms with van der Waals surface area (Å²) in [4.78, 5) is 1.40. The van der Waals surface area contributed by atoms with Gasteiger partial charge in [0.2, 0.25) is 0 Å². The molecule has 0 bridgehead atoms. The molecule has 1 aromatic rings. The van der Waals surface area contributed by atoms with Gasteiger partial charge in [0.25, 0.3) is 0 Å². The molecule has 0 unspecified atom stereocenters. The van der Waals surface area contributed by atoms with Gasteiger partial charge in [-0.3, -0.25) is 0 Å². The number of halogens is 1. The summed E-state index contributed by atoms with van der Waals surface area (Å²) in [5.41, 5.74) is 5.74. The summed E-state index contributed by atoms with van der Waals surface area (Å²) in [6.07, 6.45) is 1.08. The van der Waals surface area contributed by atoms with Crippen LogP contribution in [0.5, 0.6) is 0 Å². The van der Waals surface area contributed by atoms with Crippen LogP contribution in [-0.4, -0.2) is 18.6 Å². The van der Waals surface area contributed by atoms with Gasteiger partial charge in [-0.25, -0.2) is 0 Å². The largest absolute Gasteiger partial charge is 0.324 e. The molecule has 14 heavy (non-hydrogen) atoms. The fourth-order valence-corrected chi connectivity index (χ4v) is 2.56. The van der Waals surface area contributed by atoms with Crippen molar-refractivity contribution < 1.29 is 0 Å². The second-order valence-corrected chi connectivity index (χ2v) is 6.06. The van der Waals surface area contributed by atoms with E-state index in [2.05, 4.69) is 32.7 Å². The van der Waals surface area contributed by atoms with E-state index in [0.29, 0.717) is 0 Å². The number of hydrogen-bond donors (Lipinski definition) is 2. The van der Waals surface area contributed by atoms with Gasteiger partial charge < -0.3 is 11.1 Å². The maximum absolute atomic E-state index is 5.85. The third-order valence-electron chi connectivity index (χ3n) is 1.75. The van der Waals surface area contributed by atoms with Crippen LogP contribution < -0.4 is 11.1 Å². The molecule has 0 spiro atoms. The van der Waals surface area contributed by atoms with Crippen molar-refractivity contribution in [3.63, 3.8) is 0 Å². The lowest BCUT2D eigenvalue weighted by atomic mass is 10.1. The van der Waals surface area contributed by atoms with Crippen LogP contribution in [-0.2, 0) is 6.42 Å². The summed E-state index contributed by atoms with van der Waals surface area (Å²) in [5.74, 6) is 0. The van der Waals surface area contributed by atoms with E-state index in [1.165, 1.54) is 9.35 Å². The highest BCUT2D eigenvalue weighted by Gasteiger charge is 2.08. The van der Waals surface area contributed by atoms with Gasteiger partial charge in [0, 0.05) is 33.4 Å². The lowest BCUT2D eigenvalue weighted by Crippen LogP contribution is -2.43. The summed E-state index contributed by atoms with van der Waals surface area (Å²) >= 11 is 5.23. The van der Waals surface area contributed by atoms with Gasteiger partial charge in [-0.1, -0.05) is 0 Å². The Labute approximate surface area is 98.0 Å². The number of rotatable bonds is 5. The zero-order valence-corrected chi connectivity index (χ0v) is 11.0. The quantitative estimate of drug-likeness (QED) is 0.811. The van der Waals surface area contributed by atoms with Gasteiger partial charge in [0.15, 0.2) is 0 Å². The first kappa shape index (κ1) is 12.2. The summed E-state index contributed by atoms with van der Waals surface area (Å²) in [5, 5.41) is 5.46. The molecule has 0 aromatic carbocycles. The number of nitrogens with two attached hydrogens (primary N) is 1. The van der Waals surface area contributed by atoms with Crippen LogP contribution in [0.4, 0.5) is 0 Å². The number of nitrogens with one attached hydrogen (secondary N) is 1. The highest BCUT2D eigenvalue weighted by molar-refractivity contribution is 9.10. The maximum atomic E-state index is 5.85. The van der Waals surface area contributed by atoms with E-state index < -0.39 is 0 Å². The second kappa shape index (κ2) is 5.26. The topological polar surface area (TPSA) is 38.0 Å². The molecule has 1 aromatic heterocycles. The molecule has 0 radical (unpaired) electrons. The van der Waals surface area contributed by atoms with Gasteiger partial charge in [-0.05, 0) is 42.3 Å². The Balaban J connectivity index is 2.16. The Morgan fingerprint density at radius 3 is 2.79 bits per heavy atom. The summed E-state index contributed by atoms with van der Waals surface area (Å²) in [6.45, 7) is 5.91. The van der Waals surface area contributed by atoms with Crippen molar-refractivity contribution in [2.24, 2.45) is 5.73 Å². The smallest absolute Gasteiger partial charge is 0.0285 e. The lowest BCUT2D eigenvalue weighted by Gasteiger charge is -2.18. The Morgan fingerprint density at radius 2 is 2.29 bits per heavy atom. The van der Waals surface area contributed by atoms with E-state index >= 15 is 0 Å². The van der Waals surface area contributed by atoms with Crippen LogP contribution >= 0.6 is 27.3 Å². The van der Waals surface area contributed by atoms with Crippen LogP contribution in [0.15, 0.2) is 15.9 Å². The standard InChI is InChI=1S/C10H17BrN2S/c1-10(2,12)7-13-4-3-9-5-8(11)6-14-9/h5-6,13H,3-4,7,12H2,1-2H3. The van der Waals surface area contributed by atoms with Crippen molar-refractivity contribution in [2.75, 3.05) is 13.1 Å². The van der Waals surface area contributed by atoms with Crippen molar-refractivity contribution in [1.29, 1.82) is 0 Å². The summed E-state index contributed by atoms with van der Waals surface area (Å²) in [6, 6.07) is 2.17. The molecule has 1 rings (SSSR count). The third kappa shape index (κ3) is 5.10. The molecule has 0 aliphatic heterocycles. The Hall–Kier alpha value is 0.1000. The van der Waals surface area contributed by atoms with Gasteiger partial charge in [0.05, 0.1) is 0 Å². The molecule has 0 aliphatic rings. The van der Waals surface area contributed by atoms with Gasteiger partial charge >= 0.3 is 0 Å². The van der Waals surface area contributed by atoms with E-state index in [1.807, 2.05) is 13.8 Å². The van der Waals surface area contributed by atoms with E-state index in [9.17, 15) is 0 Å². The minimum absolute atomic E-state index is 0.115. The van der Waals surface area contributed by atoms with E-state index in [0.717, 1.165) is 19.5 Å². The first-order valence-electron chi connectivity index (χ1n) is 4.70. The normalized spacial score (nSPS) is 12.0. The SMILES string of the molecule is CC(C)(N)CNCCc1cc(Br)cs1. The van der Waals surface area contributed by atoms with Crippen molar-refractivity contribution in [2.45, 2.75) is 25.8 Å². The van der Waals surface area contributed by atoms with Crippen LogP contribution in [0.1, 0.15) is 18.7 Å². The third-order valence-corrected chi connectivity index (χ3v) is 3.51. The van der Waals surface area contributed by atoms with Crippen LogP contribution in [0, 0.1) is 0 Å². The molecule has 3 N–H and O–H groups in total. The molecular formula is C10H17BrN2S. The molecule has 80 valence electrons. The van der Waals surface area contributed by atoms with Crippen molar-refractivity contribution in [3.8, 4) is 0 Å². The van der Waals surface area contributed by atoms with Crippen molar-refractivity contribution in [1.82, 2.24) is 5.32 Å². The zero-order chi connectivity index (χ0) is 10.6. The molecular weight excluding hydrogens is 260 g/mol. The van der Waals surface area contributed by atoms with Crippen molar-refractivity contribution in [3.05, 3.63) is 20.8 Å². The molecule has 0 saturated carbocycles. The predicted octanol–water partition coefficient (Wildman–Crippen LogP) is 2.38. The van der Waals surface area contributed by atoms with Gasteiger partial charge in [-0.15, -0.1) is 11.3 Å². The summed E-state index contributed by atoms with van der Waals surface area (Å²) < 4.78 is 1.18. The molecule has 1 heterocycles. The molecule has 4 heteroatoms. The van der Waals surface area contributed by atoms with Gasteiger partial charge in [-0.2, -0.15) is 0 Å². The molecule has 0 atom stereocenters. The fraction of sp³-hybridized carbons (Fsp3) is 0.600. The number of thiophene rings is 1. The van der Waals surface area contributed by atoms with E-state index in [1.54, 1.807) is 11.3 Å². The first-order chi connectivity index (χ1) is 6.47. The Kier molecular flexibility index (Phi) is 4.57. The average molecular weight is 277 g/mol.